The number of thiophene rings is 1. The molecule has 0 spiro atoms. The lowest BCUT2D eigenvalue weighted by Crippen LogP contribution is -2.35. The van der Waals surface area contributed by atoms with Crippen LogP contribution in [0.5, 0.6) is 0 Å². The maximum atomic E-state index is 13.2. The van der Waals surface area contributed by atoms with Gasteiger partial charge in [0.15, 0.2) is 4.21 Å². The lowest BCUT2D eigenvalue weighted by molar-refractivity contribution is -0.132. The molecular weight excluding hydrogens is 472 g/mol. The molecule has 1 aliphatic heterocycles. The standard InChI is InChI=1S/C25H26N2O5S2/c1-32-24(29)23-20-15-16-27(22(28)14-8-11-18-9-4-2-5-10-18)17-21(20)33-25(23)34(30,31)26-19-12-6-3-7-13-19/h2-7,9-10,12-13,26H,8,11,14-17H2,1H3. The number of methoxy groups -OCH3 is 1. The van der Waals surface area contributed by atoms with Crippen molar-refractivity contribution in [1.29, 1.82) is 0 Å². The normalized spacial score (nSPS) is 13.3. The summed E-state index contributed by atoms with van der Waals surface area (Å²) in [5.41, 5.74) is 2.32. The van der Waals surface area contributed by atoms with Gasteiger partial charge in [0.2, 0.25) is 5.91 Å². The number of fused-ring (bicyclic) bond motifs is 1. The Morgan fingerprint density at radius 3 is 2.41 bits per heavy atom. The molecule has 1 N–H and O–H groups in total. The fourth-order valence-electron chi connectivity index (χ4n) is 4.04. The van der Waals surface area contributed by atoms with Crippen LogP contribution in [0, 0.1) is 0 Å². The topological polar surface area (TPSA) is 92.8 Å². The number of esters is 1. The van der Waals surface area contributed by atoms with Gasteiger partial charge in [-0.1, -0.05) is 48.5 Å². The molecule has 0 saturated carbocycles. The highest BCUT2D eigenvalue weighted by Gasteiger charge is 2.35. The summed E-state index contributed by atoms with van der Waals surface area (Å²) < 4.78 is 33.7. The molecule has 0 atom stereocenters. The predicted octanol–water partition coefficient (Wildman–Crippen LogP) is 4.24. The zero-order valence-electron chi connectivity index (χ0n) is 18.8. The minimum absolute atomic E-state index is 0.0291. The highest BCUT2D eigenvalue weighted by molar-refractivity contribution is 7.94. The molecule has 1 aromatic heterocycles. The van der Waals surface area contributed by atoms with E-state index >= 15 is 0 Å². The summed E-state index contributed by atoms with van der Waals surface area (Å²) in [5.74, 6) is -0.657. The van der Waals surface area contributed by atoms with Gasteiger partial charge in [0.25, 0.3) is 10.0 Å². The zero-order valence-corrected chi connectivity index (χ0v) is 20.5. The number of para-hydroxylation sites is 1. The van der Waals surface area contributed by atoms with Crippen molar-refractivity contribution < 1.29 is 22.7 Å². The Labute approximate surface area is 203 Å². The zero-order chi connectivity index (χ0) is 24.1. The smallest absolute Gasteiger partial charge is 0.340 e. The molecule has 0 aliphatic carbocycles. The number of ether oxygens (including phenoxy) is 1. The number of hydrogen-bond donors (Lipinski definition) is 1. The Balaban J connectivity index is 1.52. The van der Waals surface area contributed by atoms with Gasteiger partial charge in [-0.05, 0) is 42.5 Å². The summed E-state index contributed by atoms with van der Waals surface area (Å²) >= 11 is 1.03. The summed E-state index contributed by atoms with van der Waals surface area (Å²) in [7, 11) is -2.78. The summed E-state index contributed by atoms with van der Waals surface area (Å²) in [4.78, 5) is 27.8. The number of nitrogens with zero attached hydrogens (tertiary/aromatic N) is 1. The second-order valence-corrected chi connectivity index (χ2v) is 11.0. The molecule has 34 heavy (non-hydrogen) atoms. The van der Waals surface area contributed by atoms with Crippen LogP contribution in [0.3, 0.4) is 0 Å². The number of hydrogen-bond acceptors (Lipinski definition) is 6. The van der Waals surface area contributed by atoms with Crippen LogP contribution in [-0.2, 0) is 38.9 Å². The van der Waals surface area contributed by atoms with E-state index in [1.165, 1.54) is 12.7 Å². The summed E-state index contributed by atoms with van der Waals surface area (Å²) in [6.45, 7) is 0.721. The van der Waals surface area contributed by atoms with Crippen molar-refractivity contribution in [2.45, 2.75) is 36.4 Å². The second-order valence-electron chi connectivity index (χ2n) is 8.03. The number of aryl methyl sites for hydroxylation is 1. The van der Waals surface area contributed by atoms with Crippen LogP contribution in [0.2, 0.25) is 0 Å². The van der Waals surface area contributed by atoms with Gasteiger partial charge in [-0.25, -0.2) is 13.2 Å². The molecule has 3 aromatic rings. The van der Waals surface area contributed by atoms with Gasteiger partial charge in [0, 0.05) is 23.5 Å². The molecule has 0 saturated heterocycles. The minimum Gasteiger partial charge on any atom is -0.465 e. The first kappa shape index (κ1) is 24.0. The fraction of sp³-hybridized carbons (Fsp3) is 0.280. The van der Waals surface area contributed by atoms with Gasteiger partial charge in [-0.2, -0.15) is 0 Å². The quantitative estimate of drug-likeness (QED) is 0.469. The molecule has 0 fully saturated rings. The van der Waals surface area contributed by atoms with Crippen molar-refractivity contribution in [2.24, 2.45) is 0 Å². The molecular formula is C25H26N2O5S2. The van der Waals surface area contributed by atoms with Crippen LogP contribution in [0.4, 0.5) is 5.69 Å². The van der Waals surface area contributed by atoms with Crippen LogP contribution < -0.4 is 4.72 Å². The summed E-state index contributed by atoms with van der Waals surface area (Å²) in [5, 5.41) is 0. The predicted molar refractivity (Wildman–Crippen MR) is 131 cm³/mol. The highest BCUT2D eigenvalue weighted by Crippen LogP contribution is 2.37. The molecule has 178 valence electrons. The van der Waals surface area contributed by atoms with Gasteiger partial charge >= 0.3 is 5.97 Å². The third-order valence-electron chi connectivity index (χ3n) is 5.74. The summed E-state index contributed by atoms with van der Waals surface area (Å²) in [6.07, 6.45) is 2.39. The molecule has 4 rings (SSSR count). The number of rotatable bonds is 8. The van der Waals surface area contributed by atoms with Crippen molar-refractivity contribution in [1.82, 2.24) is 4.90 Å². The second kappa shape index (κ2) is 10.4. The monoisotopic (exact) mass is 498 g/mol. The molecule has 2 heterocycles. The molecule has 0 radical (unpaired) electrons. The molecule has 9 heteroatoms. The van der Waals surface area contributed by atoms with Gasteiger partial charge in [0.1, 0.15) is 0 Å². The van der Waals surface area contributed by atoms with E-state index < -0.39 is 16.0 Å². The van der Waals surface area contributed by atoms with Crippen molar-refractivity contribution in [3.05, 3.63) is 82.2 Å². The maximum absolute atomic E-state index is 13.2. The first-order valence-corrected chi connectivity index (χ1v) is 13.3. The summed E-state index contributed by atoms with van der Waals surface area (Å²) in [6, 6.07) is 18.5. The van der Waals surface area contributed by atoms with Crippen LogP contribution in [0.1, 0.15) is 39.2 Å². The van der Waals surface area contributed by atoms with E-state index in [9.17, 15) is 18.0 Å². The van der Waals surface area contributed by atoms with E-state index in [-0.39, 0.29) is 22.2 Å². The Hall–Kier alpha value is -3.17. The number of sulfonamides is 1. The third kappa shape index (κ3) is 5.31. The Morgan fingerprint density at radius 2 is 1.74 bits per heavy atom. The number of carbonyl (C=O) groups excluding carboxylic acids is 2. The molecule has 1 aliphatic rings. The molecule has 0 bridgehead atoms. The average molecular weight is 499 g/mol. The van der Waals surface area contributed by atoms with E-state index in [0.29, 0.717) is 35.5 Å². The first-order valence-electron chi connectivity index (χ1n) is 11.0. The number of anilines is 1. The maximum Gasteiger partial charge on any atom is 0.340 e. The third-order valence-corrected chi connectivity index (χ3v) is 8.85. The fourth-order valence-corrected chi connectivity index (χ4v) is 7.00. The van der Waals surface area contributed by atoms with Crippen molar-refractivity contribution in [3.63, 3.8) is 0 Å². The van der Waals surface area contributed by atoms with E-state index in [1.807, 2.05) is 30.3 Å². The number of amides is 1. The van der Waals surface area contributed by atoms with E-state index in [1.54, 1.807) is 35.2 Å². The van der Waals surface area contributed by atoms with E-state index in [2.05, 4.69) is 4.72 Å². The number of benzene rings is 2. The van der Waals surface area contributed by atoms with Crippen molar-refractivity contribution >= 4 is 38.9 Å². The van der Waals surface area contributed by atoms with Crippen LogP contribution in [0.15, 0.2) is 64.9 Å². The van der Waals surface area contributed by atoms with Crippen molar-refractivity contribution in [2.75, 3.05) is 18.4 Å². The minimum atomic E-state index is -4.01. The first-order chi connectivity index (χ1) is 16.4. The van der Waals surface area contributed by atoms with Crippen molar-refractivity contribution in [3.8, 4) is 0 Å². The Bertz CT molecular complexity index is 1270. The lowest BCUT2D eigenvalue weighted by atomic mass is 10.0. The molecule has 2 aromatic carbocycles. The number of carbonyl (C=O) groups is 2. The lowest BCUT2D eigenvalue weighted by Gasteiger charge is -2.27. The highest BCUT2D eigenvalue weighted by atomic mass is 32.2. The molecule has 0 unspecified atom stereocenters. The molecule has 1 amide bonds. The molecule has 7 nitrogen and oxygen atoms in total. The SMILES string of the molecule is COC(=O)c1c(S(=O)(=O)Nc2ccccc2)sc2c1CCN(C(=O)CCCc1ccccc1)C2. The van der Waals surface area contributed by atoms with Gasteiger partial charge in [0.05, 0.1) is 19.2 Å². The Morgan fingerprint density at radius 1 is 1.06 bits per heavy atom. The average Bonchev–Trinajstić information content (AvgIpc) is 3.24. The van der Waals surface area contributed by atoms with E-state index in [4.69, 9.17) is 4.74 Å². The van der Waals surface area contributed by atoms with Crippen LogP contribution in [0.25, 0.3) is 0 Å². The van der Waals surface area contributed by atoms with E-state index in [0.717, 1.165) is 24.2 Å². The van der Waals surface area contributed by atoms with Gasteiger partial charge in [-0.15, -0.1) is 11.3 Å². The van der Waals surface area contributed by atoms with Crippen LogP contribution in [-0.4, -0.2) is 38.8 Å². The Kier molecular flexibility index (Phi) is 7.33. The van der Waals surface area contributed by atoms with Gasteiger partial charge in [-0.3, -0.25) is 9.52 Å². The number of nitrogens with one attached hydrogen (secondary N) is 1. The largest absolute Gasteiger partial charge is 0.465 e. The van der Waals surface area contributed by atoms with Gasteiger partial charge < -0.3 is 9.64 Å². The van der Waals surface area contributed by atoms with Crippen LogP contribution >= 0.6 is 11.3 Å².